The Morgan fingerprint density at radius 2 is 1.76 bits per heavy atom. The summed E-state index contributed by atoms with van der Waals surface area (Å²) in [5.74, 6) is -0.768. The van der Waals surface area contributed by atoms with Gasteiger partial charge in [0.1, 0.15) is 5.69 Å². The van der Waals surface area contributed by atoms with Crippen molar-refractivity contribution in [3.63, 3.8) is 0 Å². The van der Waals surface area contributed by atoms with Crippen LogP contribution in [0.5, 0.6) is 0 Å². The number of hydrogen-bond donors (Lipinski definition) is 3. The fraction of sp³-hybridized carbons (Fsp3) is 0.0769. The van der Waals surface area contributed by atoms with Crippen LogP contribution in [0.1, 0.15) is 27.8 Å². The molecule has 0 fully saturated rings. The maximum absolute atomic E-state index is 12.0. The zero-order chi connectivity index (χ0) is 15.5. The molecule has 110 valence electrons. The number of rotatable bonds is 5. The predicted molar refractivity (Wildman–Crippen MR) is 75.0 cm³/mol. The van der Waals surface area contributed by atoms with Crippen LogP contribution in [0, 0.1) is 0 Å². The van der Waals surface area contributed by atoms with Gasteiger partial charge in [-0.15, -0.1) is 4.83 Å². The SMILES string of the molecule is CC(=O)c1ccc(S(=O)(=O)NNC(=O)c2ccc[nH]2)cc1. The van der Waals surface area contributed by atoms with E-state index in [1.165, 1.54) is 37.3 Å². The fourth-order valence-corrected chi connectivity index (χ4v) is 2.42. The second-order valence-corrected chi connectivity index (χ2v) is 5.91. The van der Waals surface area contributed by atoms with E-state index in [0.29, 0.717) is 5.56 Å². The lowest BCUT2D eigenvalue weighted by atomic mass is 10.2. The Balaban J connectivity index is 2.08. The summed E-state index contributed by atoms with van der Waals surface area (Å²) in [4.78, 5) is 27.3. The first-order chi connectivity index (χ1) is 9.90. The van der Waals surface area contributed by atoms with E-state index in [1.54, 1.807) is 12.3 Å². The summed E-state index contributed by atoms with van der Waals surface area (Å²) in [6.45, 7) is 1.39. The topological polar surface area (TPSA) is 108 Å². The summed E-state index contributed by atoms with van der Waals surface area (Å²) < 4.78 is 23.9. The number of carbonyl (C=O) groups excluding carboxylic acids is 2. The highest BCUT2D eigenvalue weighted by Gasteiger charge is 2.16. The monoisotopic (exact) mass is 307 g/mol. The third-order valence-electron chi connectivity index (χ3n) is 2.71. The number of ketones is 1. The van der Waals surface area contributed by atoms with Crippen LogP contribution in [-0.2, 0) is 10.0 Å². The molecule has 2 rings (SSSR count). The molecule has 3 N–H and O–H groups in total. The molecular weight excluding hydrogens is 294 g/mol. The van der Waals surface area contributed by atoms with Crippen LogP contribution >= 0.6 is 0 Å². The van der Waals surface area contributed by atoms with E-state index in [9.17, 15) is 18.0 Å². The van der Waals surface area contributed by atoms with Crippen LogP contribution < -0.4 is 10.3 Å². The lowest BCUT2D eigenvalue weighted by molar-refractivity contribution is 0.0940. The molecule has 0 radical (unpaired) electrons. The Bertz CT molecular complexity index is 749. The van der Waals surface area contributed by atoms with Gasteiger partial charge in [-0.1, -0.05) is 12.1 Å². The Morgan fingerprint density at radius 1 is 1.10 bits per heavy atom. The summed E-state index contributed by atoms with van der Waals surface area (Å²) in [7, 11) is -3.90. The Morgan fingerprint density at radius 3 is 2.29 bits per heavy atom. The molecule has 0 spiro atoms. The highest BCUT2D eigenvalue weighted by molar-refractivity contribution is 7.89. The van der Waals surface area contributed by atoms with Gasteiger partial charge in [0.15, 0.2) is 5.78 Å². The smallest absolute Gasteiger partial charge is 0.282 e. The van der Waals surface area contributed by atoms with Crippen LogP contribution in [0.15, 0.2) is 47.5 Å². The summed E-state index contributed by atoms with van der Waals surface area (Å²) in [5.41, 5.74) is 2.72. The average molecular weight is 307 g/mol. The van der Waals surface area contributed by atoms with Crippen LogP contribution in [0.3, 0.4) is 0 Å². The summed E-state index contributed by atoms with van der Waals surface area (Å²) in [6, 6.07) is 8.52. The lowest BCUT2D eigenvalue weighted by Crippen LogP contribution is -2.41. The Hall–Kier alpha value is -2.45. The molecule has 0 aliphatic heterocycles. The number of carbonyl (C=O) groups is 2. The fourth-order valence-electron chi connectivity index (χ4n) is 1.58. The number of amides is 1. The van der Waals surface area contributed by atoms with Crippen LogP contribution in [-0.4, -0.2) is 25.1 Å². The number of Topliss-reactive ketones (excluding diaryl/α,β-unsaturated/α-hetero) is 1. The van der Waals surface area contributed by atoms with Gasteiger partial charge in [-0.2, -0.15) is 0 Å². The second-order valence-electron chi connectivity index (χ2n) is 4.22. The Labute approximate surface area is 121 Å². The first-order valence-electron chi connectivity index (χ1n) is 5.97. The second kappa shape index (κ2) is 5.90. The van der Waals surface area contributed by atoms with Crippen molar-refractivity contribution in [1.82, 2.24) is 15.2 Å². The average Bonchev–Trinajstić information content (AvgIpc) is 2.99. The molecule has 1 aromatic heterocycles. The van der Waals surface area contributed by atoms with Crippen molar-refractivity contribution in [3.05, 3.63) is 53.9 Å². The molecule has 1 heterocycles. The van der Waals surface area contributed by atoms with E-state index >= 15 is 0 Å². The van der Waals surface area contributed by atoms with Crippen LogP contribution in [0.4, 0.5) is 0 Å². The summed E-state index contributed by atoms with van der Waals surface area (Å²) in [6.07, 6.45) is 1.55. The van der Waals surface area contributed by atoms with E-state index in [-0.39, 0.29) is 16.4 Å². The maximum atomic E-state index is 12.0. The van der Waals surface area contributed by atoms with Gasteiger partial charge in [-0.3, -0.25) is 15.0 Å². The number of benzene rings is 1. The minimum Gasteiger partial charge on any atom is -0.357 e. The molecule has 1 aromatic carbocycles. The number of aromatic amines is 1. The number of nitrogens with one attached hydrogen (secondary N) is 3. The summed E-state index contributed by atoms with van der Waals surface area (Å²) in [5, 5.41) is 0. The van der Waals surface area contributed by atoms with Crippen molar-refractivity contribution < 1.29 is 18.0 Å². The minimum atomic E-state index is -3.90. The molecule has 0 atom stereocenters. The van der Waals surface area contributed by atoms with E-state index < -0.39 is 15.9 Å². The summed E-state index contributed by atoms with van der Waals surface area (Å²) >= 11 is 0. The van der Waals surface area contributed by atoms with Crippen molar-refractivity contribution in [2.75, 3.05) is 0 Å². The molecule has 21 heavy (non-hydrogen) atoms. The third kappa shape index (κ3) is 3.56. The van der Waals surface area contributed by atoms with Crippen molar-refractivity contribution in [2.45, 2.75) is 11.8 Å². The lowest BCUT2D eigenvalue weighted by Gasteiger charge is -2.08. The molecule has 0 bridgehead atoms. The number of sulfonamides is 1. The normalized spacial score (nSPS) is 11.1. The molecule has 2 aromatic rings. The first-order valence-corrected chi connectivity index (χ1v) is 7.45. The van der Waals surface area contributed by atoms with E-state index in [2.05, 4.69) is 10.4 Å². The minimum absolute atomic E-state index is 0.0562. The number of hydrogen-bond acceptors (Lipinski definition) is 4. The van der Waals surface area contributed by atoms with Crippen molar-refractivity contribution in [1.29, 1.82) is 0 Å². The molecule has 8 heteroatoms. The Kier molecular flexibility index (Phi) is 4.20. The van der Waals surface area contributed by atoms with Crippen LogP contribution in [0.2, 0.25) is 0 Å². The van der Waals surface area contributed by atoms with Gasteiger partial charge in [-0.25, -0.2) is 8.42 Å². The number of aromatic nitrogens is 1. The van der Waals surface area contributed by atoms with Gasteiger partial charge in [0.2, 0.25) is 0 Å². The quantitative estimate of drug-likeness (QED) is 0.562. The highest BCUT2D eigenvalue weighted by Crippen LogP contribution is 2.10. The standard InChI is InChI=1S/C13H13N3O4S/c1-9(17)10-4-6-11(7-5-10)21(19,20)16-15-13(18)12-3-2-8-14-12/h2-8,14,16H,1H3,(H,15,18). The number of H-pyrrole nitrogens is 1. The van der Waals surface area contributed by atoms with Crippen molar-refractivity contribution in [2.24, 2.45) is 0 Å². The molecule has 0 saturated carbocycles. The predicted octanol–water partition coefficient (Wildman–Crippen LogP) is 0.841. The van der Waals surface area contributed by atoms with Gasteiger partial charge in [0, 0.05) is 11.8 Å². The first kappa shape index (κ1) is 14.9. The van der Waals surface area contributed by atoms with E-state index in [1.807, 2.05) is 4.83 Å². The molecule has 1 amide bonds. The van der Waals surface area contributed by atoms with E-state index in [0.717, 1.165) is 0 Å². The maximum Gasteiger partial charge on any atom is 0.282 e. The molecule has 0 aliphatic rings. The molecule has 0 aliphatic carbocycles. The molecule has 0 saturated heterocycles. The van der Waals surface area contributed by atoms with Crippen molar-refractivity contribution >= 4 is 21.7 Å². The van der Waals surface area contributed by atoms with E-state index in [4.69, 9.17) is 0 Å². The molecule has 0 unspecified atom stereocenters. The van der Waals surface area contributed by atoms with Gasteiger partial charge in [-0.05, 0) is 31.2 Å². The highest BCUT2D eigenvalue weighted by atomic mass is 32.2. The van der Waals surface area contributed by atoms with Gasteiger partial charge < -0.3 is 4.98 Å². The zero-order valence-electron chi connectivity index (χ0n) is 11.1. The van der Waals surface area contributed by atoms with Crippen molar-refractivity contribution in [3.8, 4) is 0 Å². The van der Waals surface area contributed by atoms with Gasteiger partial charge in [0.05, 0.1) is 4.90 Å². The molecule has 7 nitrogen and oxygen atoms in total. The largest absolute Gasteiger partial charge is 0.357 e. The van der Waals surface area contributed by atoms with Gasteiger partial charge >= 0.3 is 0 Å². The van der Waals surface area contributed by atoms with Crippen LogP contribution in [0.25, 0.3) is 0 Å². The third-order valence-corrected chi connectivity index (χ3v) is 3.98. The number of hydrazine groups is 1. The molecular formula is C13H13N3O4S. The zero-order valence-corrected chi connectivity index (χ0v) is 11.9. The van der Waals surface area contributed by atoms with Gasteiger partial charge in [0.25, 0.3) is 15.9 Å².